The van der Waals surface area contributed by atoms with Crippen LogP contribution >= 0.6 is 11.3 Å². The SMILES string of the molecule is O=[N+]([O-])c1cnn(-c2csc(C(F)(F)F)n2)c1. The molecule has 0 saturated carbocycles. The van der Waals surface area contributed by atoms with Crippen LogP contribution in [0.3, 0.4) is 0 Å². The molecule has 0 atom stereocenters. The van der Waals surface area contributed by atoms with E-state index in [9.17, 15) is 23.3 Å². The first-order valence-corrected chi connectivity index (χ1v) is 4.98. The molecule has 0 spiro atoms. The van der Waals surface area contributed by atoms with Crippen molar-refractivity contribution in [1.29, 1.82) is 0 Å². The highest BCUT2D eigenvalue weighted by molar-refractivity contribution is 7.10. The molecule has 0 radical (unpaired) electrons. The van der Waals surface area contributed by atoms with Crippen LogP contribution in [0, 0.1) is 10.1 Å². The smallest absolute Gasteiger partial charge is 0.258 e. The van der Waals surface area contributed by atoms with Crippen LogP contribution in [0.2, 0.25) is 0 Å². The van der Waals surface area contributed by atoms with Crippen molar-refractivity contribution >= 4 is 17.0 Å². The molecule has 0 aliphatic rings. The molecule has 6 nitrogen and oxygen atoms in total. The van der Waals surface area contributed by atoms with Gasteiger partial charge in [0.1, 0.15) is 12.4 Å². The van der Waals surface area contributed by atoms with Crippen molar-refractivity contribution in [2.45, 2.75) is 6.18 Å². The Balaban J connectivity index is 2.34. The fourth-order valence-corrected chi connectivity index (χ4v) is 1.69. The van der Waals surface area contributed by atoms with Gasteiger partial charge in [0, 0.05) is 5.38 Å². The molecular formula is C7H3F3N4O2S. The van der Waals surface area contributed by atoms with E-state index in [0.717, 1.165) is 22.5 Å². The first kappa shape index (κ1) is 11.5. The van der Waals surface area contributed by atoms with Crippen LogP contribution in [-0.2, 0) is 6.18 Å². The average Bonchev–Trinajstić information content (AvgIpc) is 2.85. The molecule has 2 aromatic rings. The molecule has 0 saturated heterocycles. The molecule has 0 aliphatic heterocycles. The predicted molar refractivity (Wildman–Crippen MR) is 50.9 cm³/mol. The molecule has 0 aromatic carbocycles. The van der Waals surface area contributed by atoms with Crippen LogP contribution in [0.25, 0.3) is 5.82 Å². The quantitative estimate of drug-likeness (QED) is 0.616. The number of nitrogens with zero attached hydrogens (tertiary/aromatic N) is 4. The van der Waals surface area contributed by atoms with E-state index in [0.29, 0.717) is 11.3 Å². The van der Waals surface area contributed by atoms with Gasteiger partial charge in [0.15, 0.2) is 10.8 Å². The lowest BCUT2D eigenvalue weighted by Crippen LogP contribution is -2.05. The summed E-state index contributed by atoms with van der Waals surface area (Å²) in [5.74, 6) is -0.101. The monoisotopic (exact) mass is 264 g/mol. The first-order chi connectivity index (χ1) is 7.88. The molecule has 0 amide bonds. The largest absolute Gasteiger partial charge is 0.443 e. The van der Waals surface area contributed by atoms with Gasteiger partial charge in [0.2, 0.25) is 0 Å². The van der Waals surface area contributed by atoms with E-state index in [1.807, 2.05) is 0 Å². The van der Waals surface area contributed by atoms with Crippen molar-refractivity contribution < 1.29 is 18.1 Å². The molecule has 10 heteroatoms. The number of thiazole rings is 1. The molecular weight excluding hydrogens is 261 g/mol. The van der Waals surface area contributed by atoms with Gasteiger partial charge in [-0.1, -0.05) is 0 Å². The Bertz CT molecular complexity index is 561. The van der Waals surface area contributed by atoms with E-state index in [1.165, 1.54) is 0 Å². The predicted octanol–water partition coefficient (Wildman–Crippen LogP) is 2.26. The fourth-order valence-electron chi connectivity index (χ4n) is 1.03. The van der Waals surface area contributed by atoms with Crippen molar-refractivity contribution in [3.05, 3.63) is 32.9 Å². The maximum absolute atomic E-state index is 12.3. The number of rotatable bonds is 2. The lowest BCUT2D eigenvalue weighted by atomic mass is 10.6. The lowest BCUT2D eigenvalue weighted by molar-refractivity contribution is -0.384. The van der Waals surface area contributed by atoms with E-state index in [1.54, 1.807) is 0 Å². The molecule has 0 fully saturated rings. The van der Waals surface area contributed by atoms with E-state index in [2.05, 4.69) is 10.1 Å². The second kappa shape index (κ2) is 3.80. The summed E-state index contributed by atoms with van der Waals surface area (Å²) >= 11 is 0.402. The minimum atomic E-state index is -4.53. The summed E-state index contributed by atoms with van der Waals surface area (Å²) in [5, 5.41) is 14.0. The van der Waals surface area contributed by atoms with Gasteiger partial charge in [-0.3, -0.25) is 10.1 Å². The van der Waals surface area contributed by atoms with Crippen LogP contribution in [-0.4, -0.2) is 19.7 Å². The molecule has 17 heavy (non-hydrogen) atoms. The van der Waals surface area contributed by atoms with Gasteiger partial charge < -0.3 is 0 Å². The fraction of sp³-hybridized carbons (Fsp3) is 0.143. The molecule has 2 aromatic heterocycles. The highest BCUT2D eigenvalue weighted by atomic mass is 32.1. The summed E-state index contributed by atoms with van der Waals surface area (Å²) in [6, 6.07) is 0. The molecule has 0 unspecified atom stereocenters. The van der Waals surface area contributed by atoms with E-state index in [-0.39, 0.29) is 11.5 Å². The van der Waals surface area contributed by atoms with Crippen LogP contribution in [0.15, 0.2) is 17.8 Å². The van der Waals surface area contributed by atoms with Crippen molar-refractivity contribution in [3.63, 3.8) is 0 Å². The van der Waals surface area contributed by atoms with Gasteiger partial charge in [-0.25, -0.2) is 9.67 Å². The van der Waals surface area contributed by atoms with Crippen molar-refractivity contribution in [3.8, 4) is 5.82 Å². The number of hydrogen-bond donors (Lipinski definition) is 0. The van der Waals surface area contributed by atoms with Crippen LogP contribution in [0.1, 0.15) is 5.01 Å². The topological polar surface area (TPSA) is 73.8 Å². The van der Waals surface area contributed by atoms with Gasteiger partial charge in [-0.05, 0) is 0 Å². The Morgan fingerprint density at radius 2 is 2.18 bits per heavy atom. The summed E-state index contributed by atoms with van der Waals surface area (Å²) in [4.78, 5) is 13.0. The van der Waals surface area contributed by atoms with Gasteiger partial charge in [0.25, 0.3) is 0 Å². The third kappa shape index (κ3) is 2.25. The highest BCUT2D eigenvalue weighted by Crippen LogP contribution is 2.32. The van der Waals surface area contributed by atoms with E-state index < -0.39 is 16.1 Å². The third-order valence-corrected chi connectivity index (χ3v) is 2.62. The summed E-state index contributed by atoms with van der Waals surface area (Å²) in [7, 11) is 0. The Hall–Kier alpha value is -1.97. The normalized spacial score (nSPS) is 11.7. The Morgan fingerprint density at radius 1 is 1.47 bits per heavy atom. The minimum Gasteiger partial charge on any atom is -0.258 e. The third-order valence-electron chi connectivity index (χ3n) is 1.75. The van der Waals surface area contributed by atoms with Crippen LogP contribution in [0.5, 0.6) is 0 Å². The zero-order valence-corrected chi connectivity index (χ0v) is 8.70. The maximum Gasteiger partial charge on any atom is 0.443 e. The van der Waals surface area contributed by atoms with Crippen molar-refractivity contribution in [2.75, 3.05) is 0 Å². The van der Waals surface area contributed by atoms with E-state index in [4.69, 9.17) is 0 Å². The Kier molecular flexibility index (Phi) is 2.58. The van der Waals surface area contributed by atoms with Crippen molar-refractivity contribution in [1.82, 2.24) is 14.8 Å². The lowest BCUT2D eigenvalue weighted by Gasteiger charge is -1.99. The first-order valence-electron chi connectivity index (χ1n) is 4.10. The van der Waals surface area contributed by atoms with Crippen LogP contribution in [0.4, 0.5) is 18.9 Å². The number of hydrogen-bond acceptors (Lipinski definition) is 5. The molecule has 0 aliphatic carbocycles. The highest BCUT2D eigenvalue weighted by Gasteiger charge is 2.34. The Labute approximate surface area is 95.5 Å². The summed E-state index contributed by atoms with van der Waals surface area (Å²) < 4.78 is 37.7. The zero-order chi connectivity index (χ0) is 12.6. The minimum absolute atomic E-state index is 0.101. The summed E-state index contributed by atoms with van der Waals surface area (Å²) in [6.07, 6.45) is -2.59. The number of halogens is 3. The number of alkyl halides is 3. The van der Waals surface area contributed by atoms with Gasteiger partial charge >= 0.3 is 11.9 Å². The maximum atomic E-state index is 12.3. The molecule has 0 bridgehead atoms. The zero-order valence-electron chi connectivity index (χ0n) is 7.88. The molecule has 0 N–H and O–H groups in total. The second-order valence-electron chi connectivity index (χ2n) is 2.91. The van der Waals surface area contributed by atoms with Gasteiger partial charge in [-0.15, -0.1) is 11.3 Å². The van der Waals surface area contributed by atoms with Crippen molar-refractivity contribution in [2.24, 2.45) is 0 Å². The van der Waals surface area contributed by atoms with Gasteiger partial charge in [-0.2, -0.15) is 18.3 Å². The summed E-state index contributed by atoms with van der Waals surface area (Å²) in [5.41, 5.74) is -0.313. The molecule has 2 heterocycles. The molecule has 90 valence electrons. The number of aromatic nitrogens is 3. The number of nitro groups is 1. The van der Waals surface area contributed by atoms with Crippen LogP contribution < -0.4 is 0 Å². The summed E-state index contributed by atoms with van der Waals surface area (Å²) in [6.45, 7) is 0. The Morgan fingerprint density at radius 3 is 2.65 bits per heavy atom. The van der Waals surface area contributed by atoms with Gasteiger partial charge in [0.05, 0.1) is 4.92 Å². The average molecular weight is 264 g/mol. The molecule has 2 rings (SSSR count). The standard InChI is InChI=1S/C7H3F3N4O2S/c8-7(9,10)6-12-5(3-17-6)13-2-4(1-11-13)14(15)16/h1-3H. The van der Waals surface area contributed by atoms with E-state index >= 15 is 0 Å². The second-order valence-corrected chi connectivity index (χ2v) is 3.77.